The van der Waals surface area contributed by atoms with Crippen molar-refractivity contribution in [2.24, 2.45) is 0 Å². The first-order chi connectivity index (χ1) is 13.5. The summed E-state index contributed by atoms with van der Waals surface area (Å²) in [6.45, 7) is 8.35. The highest BCUT2D eigenvalue weighted by Crippen LogP contribution is 2.24. The van der Waals surface area contributed by atoms with Crippen molar-refractivity contribution in [3.8, 4) is 17.1 Å². The molecule has 0 radical (unpaired) electrons. The van der Waals surface area contributed by atoms with Gasteiger partial charge in [-0.25, -0.2) is 14.6 Å². The molecule has 0 aliphatic rings. The zero-order valence-corrected chi connectivity index (χ0v) is 16.6. The molecule has 2 aromatic heterocycles. The summed E-state index contributed by atoms with van der Waals surface area (Å²) in [6, 6.07) is 16.6. The predicted octanol–water partition coefficient (Wildman–Crippen LogP) is 5.31. The minimum absolute atomic E-state index is 0.565. The Kier molecular flexibility index (Phi) is 4.65. The van der Waals surface area contributed by atoms with Crippen LogP contribution in [0.25, 0.3) is 17.1 Å². The van der Waals surface area contributed by atoms with E-state index in [1.54, 1.807) is 12.4 Å². The molecule has 140 valence electrons. The molecule has 0 spiro atoms. The average molecular weight is 369 g/mol. The van der Waals surface area contributed by atoms with Crippen LogP contribution in [0.15, 0.2) is 60.9 Å². The molecular weight excluding hydrogens is 346 g/mol. The van der Waals surface area contributed by atoms with Crippen LogP contribution in [0.3, 0.4) is 0 Å². The predicted molar refractivity (Wildman–Crippen MR) is 113 cm³/mol. The van der Waals surface area contributed by atoms with Crippen LogP contribution >= 0.6 is 0 Å². The summed E-state index contributed by atoms with van der Waals surface area (Å²) in [4.78, 5) is 9.10. The van der Waals surface area contributed by atoms with Gasteiger partial charge >= 0.3 is 0 Å². The first-order valence-electron chi connectivity index (χ1n) is 9.29. The summed E-state index contributed by atoms with van der Waals surface area (Å²) in [7, 11) is 0. The van der Waals surface area contributed by atoms with E-state index in [0.29, 0.717) is 5.95 Å². The molecule has 0 bridgehead atoms. The monoisotopic (exact) mass is 369 g/mol. The molecule has 28 heavy (non-hydrogen) atoms. The van der Waals surface area contributed by atoms with Gasteiger partial charge in [0.1, 0.15) is 0 Å². The summed E-state index contributed by atoms with van der Waals surface area (Å²) < 4.78 is 1.92. The highest BCUT2D eigenvalue weighted by Gasteiger charge is 2.11. The van der Waals surface area contributed by atoms with Crippen molar-refractivity contribution < 1.29 is 0 Å². The normalized spacial score (nSPS) is 10.9. The molecule has 5 nitrogen and oxygen atoms in total. The van der Waals surface area contributed by atoms with E-state index in [2.05, 4.69) is 79.5 Å². The second-order valence-electron chi connectivity index (χ2n) is 7.24. The average Bonchev–Trinajstić information content (AvgIpc) is 3.10. The molecule has 4 rings (SSSR count). The molecule has 0 unspecified atom stereocenters. The van der Waals surface area contributed by atoms with E-state index in [-0.39, 0.29) is 0 Å². The zero-order chi connectivity index (χ0) is 19.7. The quantitative estimate of drug-likeness (QED) is 0.530. The molecule has 0 saturated carbocycles. The maximum absolute atomic E-state index is 4.72. The van der Waals surface area contributed by atoms with Gasteiger partial charge < -0.3 is 5.32 Å². The molecule has 1 N–H and O–H groups in total. The number of nitrogens with one attached hydrogen (secondary N) is 1. The van der Waals surface area contributed by atoms with Gasteiger partial charge in [0, 0.05) is 11.9 Å². The van der Waals surface area contributed by atoms with Gasteiger partial charge in [0.2, 0.25) is 5.95 Å². The van der Waals surface area contributed by atoms with Crippen molar-refractivity contribution in [2.75, 3.05) is 5.32 Å². The molecule has 0 fully saturated rings. The van der Waals surface area contributed by atoms with E-state index in [9.17, 15) is 0 Å². The third kappa shape index (κ3) is 3.78. The van der Waals surface area contributed by atoms with Crippen molar-refractivity contribution in [1.29, 1.82) is 0 Å². The maximum atomic E-state index is 4.72. The lowest BCUT2D eigenvalue weighted by Gasteiger charge is -2.11. The van der Waals surface area contributed by atoms with E-state index in [0.717, 1.165) is 22.8 Å². The van der Waals surface area contributed by atoms with Crippen molar-refractivity contribution in [1.82, 2.24) is 19.7 Å². The molecule has 0 aliphatic heterocycles. The minimum Gasteiger partial charge on any atom is -0.324 e. The van der Waals surface area contributed by atoms with Crippen LogP contribution in [0, 0.1) is 27.7 Å². The number of benzene rings is 2. The molecule has 0 aliphatic carbocycles. The molecule has 2 aromatic carbocycles. The summed E-state index contributed by atoms with van der Waals surface area (Å²) in [6.07, 6.45) is 3.57. The van der Waals surface area contributed by atoms with E-state index >= 15 is 0 Å². The van der Waals surface area contributed by atoms with Gasteiger partial charge in [-0.2, -0.15) is 5.10 Å². The Labute approximate surface area is 165 Å². The lowest BCUT2D eigenvalue weighted by Crippen LogP contribution is -2.03. The second kappa shape index (κ2) is 7.27. The summed E-state index contributed by atoms with van der Waals surface area (Å²) in [5.74, 6) is 0.565. The van der Waals surface area contributed by atoms with E-state index in [4.69, 9.17) is 4.98 Å². The SMILES string of the molecule is Cc1cc(C)cc(Nc2nccc(-c3ccnn3-c3cc(C)cc(C)c3)n2)c1. The highest BCUT2D eigenvalue weighted by atomic mass is 15.3. The number of anilines is 2. The Morgan fingerprint density at radius 2 is 1.39 bits per heavy atom. The Bertz CT molecular complexity index is 1100. The fourth-order valence-corrected chi connectivity index (χ4v) is 3.51. The minimum atomic E-state index is 0.565. The Hall–Kier alpha value is -3.47. The van der Waals surface area contributed by atoms with Gasteiger partial charge in [0.25, 0.3) is 0 Å². The lowest BCUT2D eigenvalue weighted by atomic mass is 10.1. The standard InChI is InChI=1S/C23H23N5/c1-15-9-16(2)12-19(11-15)26-23-24-7-5-21(27-23)22-6-8-25-28(22)20-13-17(3)10-18(4)14-20/h5-14H,1-4H3,(H,24,26,27). The van der Waals surface area contributed by atoms with Crippen LogP contribution in [0.2, 0.25) is 0 Å². The number of hydrogen-bond acceptors (Lipinski definition) is 4. The van der Waals surface area contributed by atoms with E-state index < -0.39 is 0 Å². The van der Waals surface area contributed by atoms with Gasteiger partial charge in [0.05, 0.1) is 23.3 Å². The smallest absolute Gasteiger partial charge is 0.227 e. The Morgan fingerprint density at radius 1 is 0.750 bits per heavy atom. The van der Waals surface area contributed by atoms with Crippen molar-refractivity contribution >= 4 is 11.6 Å². The summed E-state index contributed by atoms with van der Waals surface area (Å²) in [5, 5.41) is 7.83. The van der Waals surface area contributed by atoms with Crippen LogP contribution in [0.4, 0.5) is 11.6 Å². The Balaban J connectivity index is 1.70. The number of aromatic nitrogens is 4. The van der Waals surface area contributed by atoms with Crippen LogP contribution in [-0.4, -0.2) is 19.7 Å². The second-order valence-corrected chi connectivity index (χ2v) is 7.24. The van der Waals surface area contributed by atoms with Crippen LogP contribution in [0.1, 0.15) is 22.3 Å². The molecule has 0 saturated heterocycles. The summed E-state index contributed by atoms with van der Waals surface area (Å²) >= 11 is 0. The Morgan fingerprint density at radius 3 is 2.07 bits per heavy atom. The van der Waals surface area contributed by atoms with Gasteiger partial charge in [-0.15, -0.1) is 0 Å². The van der Waals surface area contributed by atoms with Gasteiger partial charge in [-0.05, 0) is 86.3 Å². The number of aryl methyl sites for hydroxylation is 4. The van der Waals surface area contributed by atoms with Gasteiger partial charge in [0.15, 0.2) is 0 Å². The third-order valence-corrected chi connectivity index (χ3v) is 4.49. The van der Waals surface area contributed by atoms with Crippen LogP contribution < -0.4 is 5.32 Å². The third-order valence-electron chi connectivity index (χ3n) is 4.49. The lowest BCUT2D eigenvalue weighted by molar-refractivity contribution is 0.880. The molecule has 2 heterocycles. The summed E-state index contributed by atoms with van der Waals surface area (Å²) in [5.41, 5.74) is 8.57. The molecule has 0 atom stereocenters. The fraction of sp³-hybridized carbons (Fsp3) is 0.174. The molecule has 5 heteroatoms. The zero-order valence-electron chi connectivity index (χ0n) is 16.6. The van der Waals surface area contributed by atoms with Crippen molar-refractivity contribution in [3.63, 3.8) is 0 Å². The number of rotatable bonds is 4. The maximum Gasteiger partial charge on any atom is 0.227 e. The molecular formula is C23H23N5. The van der Waals surface area contributed by atoms with E-state index in [1.165, 1.54) is 22.3 Å². The van der Waals surface area contributed by atoms with Crippen LogP contribution in [0.5, 0.6) is 0 Å². The highest BCUT2D eigenvalue weighted by molar-refractivity contribution is 5.62. The van der Waals surface area contributed by atoms with Crippen molar-refractivity contribution in [3.05, 3.63) is 83.2 Å². The molecule has 0 amide bonds. The number of nitrogens with zero attached hydrogens (tertiary/aromatic N) is 4. The fourth-order valence-electron chi connectivity index (χ4n) is 3.51. The van der Waals surface area contributed by atoms with Crippen LogP contribution in [-0.2, 0) is 0 Å². The number of hydrogen-bond donors (Lipinski definition) is 1. The largest absolute Gasteiger partial charge is 0.324 e. The first kappa shape index (κ1) is 17.9. The van der Waals surface area contributed by atoms with Gasteiger partial charge in [-0.1, -0.05) is 12.1 Å². The van der Waals surface area contributed by atoms with Crippen molar-refractivity contribution in [2.45, 2.75) is 27.7 Å². The van der Waals surface area contributed by atoms with Gasteiger partial charge in [-0.3, -0.25) is 0 Å². The van der Waals surface area contributed by atoms with E-state index in [1.807, 2.05) is 16.8 Å². The topological polar surface area (TPSA) is 55.6 Å². The first-order valence-corrected chi connectivity index (χ1v) is 9.29. The molecule has 4 aromatic rings.